The van der Waals surface area contributed by atoms with Gasteiger partial charge in [-0.25, -0.2) is 14.2 Å². The number of benzene rings is 2. The predicted molar refractivity (Wildman–Crippen MR) is 127 cm³/mol. The van der Waals surface area contributed by atoms with E-state index < -0.39 is 41.2 Å². The zero-order chi connectivity index (χ0) is 24.9. The van der Waals surface area contributed by atoms with Crippen molar-refractivity contribution in [1.82, 2.24) is 20.5 Å². The number of nitrogens with zero attached hydrogens (tertiary/aromatic N) is 2. The number of fused-ring (bicyclic) bond motifs is 2. The first-order chi connectivity index (χ1) is 16.6. The summed E-state index contributed by atoms with van der Waals surface area (Å²) in [6.45, 7) is 3.49. The smallest absolute Gasteiger partial charge is 0.320 e. The van der Waals surface area contributed by atoms with Crippen LogP contribution in [0, 0.1) is 5.82 Å². The minimum absolute atomic E-state index is 0.0840. The van der Waals surface area contributed by atoms with E-state index in [0.29, 0.717) is 5.01 Å². The topological polar surface area (TPSA) is 120 Å². The molecular formula is C24H22FN5O4S. The van der Waals surface area contributed by atoms with Crippen molar-refractivity contribution in [3.8, 4) is 0 Å². The lowest BCUT2D eigenvalue weighted by atomic mass is 10.0. The summed E-state index contributed by atoms with van der Waals surface area (Å²) in [6, 6.07) is 8.94. The second-order valence-electron chi connectivity index (χ2n) is 9.04. The molecule has 11 heteroatoms. The van der Waals surface area contributed by atoms with Crippen molar-refractivity contribution in [3.05, 3.63) is 58.3 Å². The summed E-state index contributed by atoms with van der Waals surface area (Å²) >= 11 is 1.46. The second-order valence-corrected chi connectivity index (χ2v) is 10.1. The number of anilines is 1. The van der Waals surface area contributed by atoms with E-state index in [1.54, 1.807) is 13.8 Å². The van der Waals surface area contributed by atoms with Crippen LogP contribution in [0.25, 0.3) is 10.2 Å². The Morgan fingerprint density at radius 1 is 1.20 bits per heavy atom. The number of hydrogen-bond acceptors (Lipinski definition) is 6. The molecule has 5 rings (SSSR count). The Balaban J connectivity index is 1.31. The molecule has 2 aliphatic heterocycles. The van der Waals surface area contributed by atoms with Gasteiger partial charge in [0.2, 0.25) is 11.8 Å². The molecule has 1 aromatic heterocycles. The summed E-state index contributed by atoms with van der Waals surface area (Å²) in [4.78, 5) is 55.0. The van der Waals surface area contributed by atoms with E-state index in [-0.39, 0.29) is 36.2 Å². The quantitative estimate of drug-likeness (QED) is 0.480. The van der Waals surface area contributed by atoms with Crippen LogP contribution in [0.1, 0.15) is 47.6 Å². The Bertz CT molecular complexity index is 1370. The van der Waals surface area contributed by atoms with Crippen LogP contribution >= 0.6 is 11.3 Å². The SMILES string of the molecule is CC(C)(NC(=O)Nc1ccc2c(c1F)CN(C1CCC(=O)NC1=O)C2=O)c1nc2ccccc2s1. The predicted octanol–water partition coefficient (Wildman–Crippen LogP) is 3.25. The minimum atomic E-state index is -0.846. The summed E-state index contributed by atoms with van der Waals surface area (Å²) in [5.74, 6) is -2.19. The summed E-state index contributed by atoms with van der Waals surface area (Å²) in [7, 11) is 0. The number of amides is 5. The van der Waals surface area contributed by atoms with Gasteiger partial charge in [-0.3, -0.25) is 19.7 Å². The van der Waals surface area contributed by atoms with E-state index in [9.17, 15) is 19.2 Å². The average molecular weight is 496 g/mol. The van der Waals surface area contributed by atoms with Gasteiger partial charge in [-0.1, -0.05) is 12.1 Å². The number of hydrogen-bond donors (Lipinski definition) is 3. The van der Waals surface area contributed by atoms with Crippen molar-refractivity contribution < 1.29 is 23.6 Å². The normalized spacial score (nSPS) is 18.0. The molecule has 35 heavy (non-hydrogen) atoms. The fraction of sp³-hybridized carbons (Fsp3) is 0.292. The number of urea groups is 1. The molecule has 0 spiro atoms. The molecule has 0 radical (unpaired) electrons. The van der Waals surface area contributed by atoms with E-state index >= 15 is 4.39 Å². The molecule has 9 nitrogen and oxygen atoms in total. The van der Waals surface area contributed by atoms with Gasteiger partial charge in [0.1, 0.15) is 11.0 Å². The third-order valence-electron chi connectivity index (χ3n) is 6.15. The maximum Gasteiger partial charge on any atom is 0.320 e. The molecule has 1 unspecified atom stereocenters. The zero-order valence-electron chi connectivity index (χ0n) is 19.0. The van der Waals surface area contributed by atoms with Crippen molar-refractivity contribution in [2.24, 2.45) is 0 Å². The number of carbonyl (C=O) groups excluding carboxylic acids is 4. The maximum atomic E-state index is 15.3. The standard InChI is InChI=1S/C24H22FN5O4S/c1-24(2,22-26-14-5-3-4-6-17(14)35-22)29-23(34)27-15-8-7-12-13(19(15)25)11-30(21(12)33)16-9-10-18(31)28-20(16)32/h3-8,16H,9-11H2,1-2H3,(H2,27,29,34)(H,28,31,32). The third kappa shape index (κ3) is 4.12. The van der Waals surface area contributed by atoms with E-state index in [4.69, 9.17) is 0 Å². The van der Waals surface area contributed by atoms with Crippen LogP contribution in [0.3, 0.4) is 0 Å². The third-order valence-corrected chi connectivity index (χ3v) is 7.51. The number of piperidine rings is 1. The molecule has 1 saturated heterocycles. The Hall–Kier alpha value is -3.86. The molecule has 2 aliphatic rings. The molecule has 2 aromatic carbocycles. The summed E-state index contributed by atoms with van der Waals surface area (Å²) in [5.41, 5.74) is 0.160. The van der Waals surface area contributed by atoms with Crippen LogP contribution in [-0.2, 0) is 21.7 Å². The van der Waals surface area contributed by atoms with E-state index in [2.05, 4.69) is 20.9 Å². The van der Waals surface area contributed by atoms with Crippen molar-refractivity contribution in [2.45, 2.75) is 44.8 Å². The number of aromatic nitrogens is 1. The zero-order valence-corrected chi connectivity index (χ0v) is 19.8. The number of carbonyl (C=O) groups is 4. The Labute approximate surface area is 203 Å². The largest absolute Gasteiger partial charge is 0.326 e. The van der Waals surface area contributed by atoms with Gasteiger partial charge >= 0.3 is 6.03 Å². The lowest BCUT2D eigenvalue weighted by Crippen LogP contribution is -2.52. The number of nitrogens with one attached hydrogen (secondary N) is 3. The van der Waals surface area contributed by atoms with Crippen molar-refractivity contribution >= 4 is 51.0 Å². The molecule has 5 amide bonds. The molecule has 0 saturated carbocycles. The van der Waals surface area contributed by atoms with E-state index in [1.165, 1.54) is 28.4 Å². The van der Waals surface area contributed by atoms with Crippen LogP contribution in [0.2, 0.25) is 0 Å². The van der Waals surface area contributed by atoms with Gasteiger partial charge in [0, 0.05) is 17.5 Å². The van der Waals surface area contributed by atoms with Gasteiger partial charge in [0.15, 0.2) is 5.82 Å². The fourth-order valence-electron chi connectivity index (χ4n) is 4.33. The molecule has 1 fully saturated rings. The summed E-state index contributed by atoms with van der Waals surface area (Å²) < 4.78 is 16.3. The lowest BCUT2D eigenvalue weighted by molar-refractivity contribution is -0.136. The molecule has 3 aromatic rings. The fourth-order valence-corrected chi connectivity index (χ4v) is 5.35. The average Bonchev–Trinajstić information content (AvgIpc) is 3.38. The Morgan fingerprint density at radius 2 is 1.97 bits per heavy atom. The van der Waals surface area contributed by atoms with Gasteiger partial charge in [-0.2, -0.15) is 0 Å². The van der Waals surface area contributed by atoms with Crippen molar-refractivity contribution in [1.29, 1.82) is 0 Å². The van der Waals surface area contributed by atoms with Crippen LogP contribution < -0.4 is 16.0 Å². The second kappa shape index (κ2) is 8.42. The highest BCUT2D eigenvalue weighted by atomic mass is 32.1. The van der Waals surface area contributed by atoms with Crippen molar-refractivity contribution in [2.75, 3.05) is 5.32 Å². The molecule has 3 heterocycles. The Kier molecular flexibility index (Phi) is 5.51. The Morgan fingerprint density at radius 3 is 2.71 bits per heavy atom. The molecule has 0 bridgehead atoms. The molecular weight excluding hydrogens is 473 g/mol. The number of thiazole rings is 1. The van der Waals surface area contributed by atoms with E-state index in [1.807, 2.05) is 24.3 Å². The molecule has 180 valence electrons. The highest BCUT2D eigenvalue weighted by molar-refractivity contribution is 7.18. The van der Waals surface area contributed by atoms with Gasteiger partial charge in [0.05, 0.1) is 28.0 Å². The lowest BCUT2D eigenvalue weighted by Gasteiger charge is -2.29. The van der Waals surface area contributed by atoms with Gasteiger partial charge in [0.25, 0.3) is 5.91 Å². The van der Waals surface area contributed by atoms with Crippen LogP contribution in [-0.4, -0.2) is 39.7 Å². The first kappa shape index (κ1) is 22.9. The summed E-state index contributed by atoms with van der Waals surface area (Å²) in [6.07, 6.45) is 0.289. The van der Waals surface area contributed by atoms with Crippen LogP contribution in [0.5, 0.6) is 0 Å². The number of halogens is 1. The van der Waals surface area contributed by atoms with Gasteiger partial charge < -0.3 is 15.5 Å². The van der Waals surface area contributed by atoms with Crippen LogP contribution in [0.15, 0.2) is 36.4 Å². The highest BCUT2D eigenvalue weighted by Gasteiger charge is 2.40. The van der Waals surface area contributed by atoms with Crippen LogP contribution in [0.4, 0.5) is 14.9 Å². The summed E-state index contributed by atoms with van der Waals surface area (Å²) in [5, 5.41) is 8.26. The number of para-hydroxylation sites is 1. The maximum absolute atomic E-state index is 15.3. The van der Waals surface area contributed by atoms with Crippen molar-refractivity contribution in [3.63, 3.8) is 0 Å². The molecule has 1 atom stereocenters. The number of rotatable bonds is 4. The highest BCUT2D eigenvalue weighted by Crippen LogP contribution is 2.33. The number of imide groups is 1. The molecule has 3 N–H and O–H groups in total. The first-order valence-electron chi connectivity index (χ1n) is 11.1. The monoisotopic (exact) mass is 495 g/mol. The van der Waals surface area contributed by atoms with Gasteiger partial charge in [-0.05, 0) is 44.5 Å². The first-order valence-corrected chi connectivity index (χ1v) is 11.9. The van der Waals surface area contributed by atoms with E-state index in [0.717, 1.165) is 10.2 Å². The molecule has 0 aliphatic carbocycles. The minimum Gasteiger partial charge on any atom is -0.326 e. The van der Waals surface area contributed by atoms with Gasteiger partial charge in [-0.15, -0.1) is 11.3 Å².